The number of nitrogens with two attached hydrogens (primary N) is 1. The summed E-state index contributed by atoms with van der Waals surface area (Å²) in [6, 6.07) is 6.54. The van der Waals surface area contributed by atoms with Gasteiger partial charge in [-0.3, -0.25) is 0 Å². The van der Waals surface area contributed by atoms with E-state index in [1.54, 1.807) is 5.56 Å². The van der Waals surface area contributed by atoms with Gasteiger partial charge in [-0.2, -0.15) is 0 Å². The number of aryl methyl sites for hydroxylation is 1. The minimum absolute atomic E-state index is 0.769. The quantitative estimate of drug-likeness (QED) is 0.791. The lowest BCUT2D eigenvalue weighted by Gasteiger charge is -2.27. The minimum Gasteiger partial charge on any atom is -0.399 e. The third kappa shape index (κ3) is 1.95. The largest absolute Gasteiger partial charge is 0.399 e. The van der Waals surface area contributed by atoms with Gasteiger partial charge in [-0.05, 0) is 55.0 Å². The number of hydrogen-bond acceptors (Lipinski definition) is 2. The molecule has 0 spiro atoms. The molecule has 1 saturated heterocycles. The lowest BCUT2D eigenvalue weighted by atomic mass is 9.77. The van der Waals surface area contributed by atoms with Crippen molar-refractivity contribution in [2.24, 2.45) is 5.92 Å². The molecule has 0 bridgehead atoms. The molecule has 1 aromatic carbocycles. The van der Waals surface area contributed by atoms with Crippen LogP contribution in [0.5, 0.6) is 0 Å². The summed E-state index contributed by atoms with van der Waals surface area (Å²) >= 11 is 0. The fraction of sp³-hybridized carbons (Fsp3) is 0.600. The highest BCUT2D eigenvalue weighted by Crippen LogP contribution is 2.41. The van der Waals surface area contributed by atoms with Gasteiger partial charge in [0.2, 0.25) is 0 Å². The smallest absolute Gasteiger partial charge is 0.0316 e. The average Bonchev–Trinajstić information content (AvgIpc) is 2.72. The maximum Gasteiger partial charge on any atom is 0.0316 e. The van der Waals surface area contributed by atoms with Crippen molar-refractivity contribution in [1.82, 2.24) is 4.90 Å². The van der Waals surface area contributed by atoms with Crippen LogP contribution >= 0.6 is 0 Å². The van der Waals surface area contributed by atoms with E-state index in [9.17, 15) is 0 Å². The Kier molecular flexibility index (Phi) is 2.83. The molecule has 0 radical (unpaired) electrons. The molecule has 0 aromatic heterocycles. The molecule has 3 rings (SSSR count). The van der Waals surface area contributed by atoms with E-state index < -0.39 is 0 Å². The van der Waals surface area contributed by atoms with Gasteiger partial charge in [0.05, 0.1) is 0 Å². The van der Waals surface area contributed by atoms with Crippen molar-refractivity contribution in [1.29, 1.82) is 0 Å². The monoisotopic (exact) mass is 230 g/mol. The molecule has 1 aliphatic carbocycles. The van der Waals surface area contributed by atoms with Gasteiger partial charge in [0.15, 0.2) is 0 Å². The van der Waals surface area contributed by atoms with Crippen molar-refractivity contribution in [3.8, 4) is 0 Å². The fourth-order valence-electron chi connectivity index (χ4n) is 3.65. The molecule has 17 heavy (non-hydrogen) atoms. The van der Waals surface area contributed by atoms with Crippen LogP contribution in [0.3, 0.4) is 0 Å². The second-order valence-corrected chi connectivity index (χ2v) is 5.62. The van der Waals surface area contributed by atoms with Gasteiger partial charge in [0.25, 0.3) is 0 Å². The van der Waals surface area contributed by atoms with Crippen molar-refractivity contribution in [3.05, 3.63) is 29.3 Å². The van der Waals surface area contributed by atoms with Crippen LogP contribution in [-0.4, -0.2) is 24.5 Å². The second kappa shape index (κ2) is 4.34. The predicted molar refractivity (Wildman–Crippen MR) is 72.1 cm³/mol. The van der Waals surface area contributed by atoms with Gasteiger partial charge in [-0.1, -0.05) is 13.0 Å². The number of benzene rings is 1. The molecule has 1 aliphatic heterocycles. The molecule has 2 heteroatoms. The first kappa shape index (κ1) is 11.1. The lowest BCUT2D eigenvalue weighted by molar-refractivity contribution is 0.322. The molecule has 2 unspecified atom stereocenters. The van der Waals surface area contributed by atoms with Crippen LogP contribution in [0.1, 0.15) is 36.8 Å². The Hall–Kier alpha value is -1.02. The van der Waals surface area contributed by atoms with E-state index >= 15 is 0 Å². The van der Waals surface area contributed by atoms with Crippen LogP contribution in [0, 0.1) is 5.92 Å². The van der Waals surface area contributed by atoms with Crippen LogP contribution in [-0.2, 0) is 6.42 Å². The summed E-state index contributed by atoms with van der Waals surface area (Å²) in [6.45, 7) is 6.10. The maximum atomic E-state index is 5.88. The zero-order chi connectivity index (χ0) is 11.8. The van der Waals surface area contributed by atoms with E-state index in [4.69, 9.17) is 5.73 Å². The summed E-state index contributed by atoms with van der Waals surface area (Å²) in [4.78, 5) is 2.64. The van der Waals surface area contributed by atoms with Crippen molar-refractivity contribution < 1.29 is 0 Å². The Morgan fingerprint density at radius 1 is 1.35 bits per heavy atom. The summed E-state index contributed by atoms with van der Waals surface area (Å²) in [5, 5.41) is 0. The molecule has 1 heterocycles. The van der Waals surface area contributed by atoms with Crippen molar-refractivity contribution >= 4 is 5.69 Å². The standard InChI is InChI=1S/C15H22N2/c1-2-7-17-9-12-4-3-11-8-13(16)5-6-14(11)15(12)10-17/h5-6,8,12,15H,2-4,7,9-10,16H2,1H3. The van der Waals surface area contributed by atoms with Crippen LogP contribution in [0.15, 0.2) is 18.2 Å². The summed E-state index contributed by atoms with van der Waals surface area (Å²) in [7, 11) is 0. The zero-order valence-electron chi connectivity index (χ0n) is 10.7. The second-order valence-electron chi connectivity index (χ2n) is 5.62. The summed E-state index contributed by atoms with van der Waals surface area (Å²) in [6.07, 6.45) is 3.84. The summed E-state index contributed by atoms with van der Waals surface area (Å²) in [5.74, 6) is 1.66. The van der Waals surface area contributed by atoms with Gasteiger partial charge >= 0.3 is 0 Å². The highest BCUT2D eigenvalue weighted by molar-refractivity contribution is 5.47. The molecule has 2 N–H and O–H groups in total. The van der Waals surface area contributed by atoms with Gasteiger partial charge in [-0.25, -0.2) is 0 Å². The Bertz CT molecular complexity index is 413. The number of likely N-dealkylation sites (tertiary alicyclic amines) is 1. The third-order valence-electron chi connectivity index (χ3n) is 4.41. The first-order valence-corrected chi connectivity index (χ1v) is 6.88. The molecule has 2 atom stereocenters. The topological polar surface area (TPSA) is 29.3 Å². The predicted octanol–water partition coefficient (Wildman–Crippen LogP) is 2.64. The molecular weight excluding hydrogens is 208 g/mol. The number of nitrogens with zero attached hydrogens (tertiary/aromatic N) is 1. The van der Waals surface area contributed by atoms with E-state index in [1.807, 2.05) is 0 Å². The number of hydrogen-bond donors (Lipinski definition) is 1. The minimum atomic E-state index is 0.769. The van der Waals surface area contributed by atoms with Crippen LogP contribution in [0.2, 0.25) is 0 Å². The molecule has 92 valence electrons. The van der Waals surface area contributed by atoms with Gasteiger partial charge in [0.1, 0.15) is 0 Å². The molecular formula is C15H22N2. The van der Waals surface area contributed by atoms with Crippen molar-refractivity contribution in [3.63, 3.8) is 0 Å². The number of fused-ring (bicyclic) bond motifs is 3. The van der Waals surface area contributed by atoms with Crippen molar-refractivity contribution in [2.45, 2.75) is 32.1 Å². The Balaban J connectivity index is 1.86. The zero-order valence-corrected chi connectivity index (χ0v) is 10.7. The SMILES string of the molecule is CCCN1CC2CCc3cc(N)ccc3C2C1. The molecule has 1 fully saturated rings. The number of anilines is 1. The number of nitrogen functional groups attached to an aromatic ring is 1. The average molecular weight is 230 g/mol. The third-order valence-corrected chi connectivity index (χ3v) is 4.41. The highest BCUT2D eigenvalue weighted by Gasteiger charge is 2.36. The first-order chi connectivity index (χ1) is 8.28. The summed E-state index contributed by atoms with van der Waals surface area (Å²) < 4.78 is 0. The van der Waals surface area contributed by atoms with Gasteiger partial charge in [-0.15, -0.1) is 0 Å². The van der Waals surface area contributed by atoms with E-state index in [0.717, 1.165) is 17.5 Å². The number of rotatable bonds is 2. The van der Waals surface area contributed by atoms with Crippen LogP contribution in [0.25, 0.3) is 0 Å². The Labute approximate surface area is 104 Å². The normalized spacial score (nSPS) is 27.8. The Morgan fingerprint density at radius 3 is 3.06 bits per heavy atom. The van der Waals surface area contributed by atoms with E-state index in [-0.39, 0.29) is 0 Å². The van der Waals surface area contributed by atoms with Crippen LogP contribution < -0.4 is 5.73 Å². The summed E-state index contributed by atoms with van der Waals surface area (Å²) in [5.41, 5.74) is 9.89. The van der Waals surface area contributed by atoms with Gasteiger partial charge in [0, 0.05) is 24.7 Å². The Morgan fingerprint density at radius 2 is 2.24 bits per heavy atom. The molecule has 1 aromatic rings. The first-order valence-electron chi connectivity index (χ1n) is 6.88. The molecule has 2 nitrogen and oxygen atoms in total. The van der Waals surface area contributed by atoms with E-state index in [1.165, 1.54) is 44.5 Å². The lowest BCUT2D eigenvalue weighted by Crippen LogP contribution is -2.21. The highest BCUT2D eigenvalue weighted by atomic mass is 15.1. The maximum absolute atomic E-state index is 5.88. The van der Waals surface area contributed by atoms with E-state index in [0.29, 0.717) is 0 Å². The molecule has 0 amide bonds. The van der Waals surface area contributed by atoms with Crippen LogP contribution in [0.4, 0.5) is 5.69 Å². The van der Waals surface area contributed by atoms with Gasteiger partial charge < -0.3 is 10.6 Å². The van der Waals surface area contributed by atoms with Crippen molar-refractivity contribution in [2.75, 3.05) is 25.4 Å². The molecule has 0 saturated carbocycles. The van der Waals surface area contributed by atoms with E-state index in [2.05, 4.69) is 30.0 Å². The fourth-order valence-corrected chi connectivity index (χ4v) is 3.65. The molecule has 2 aliphatic rings.